The van der Waals surface area contributed by atoms with Crippen LogP contribution in [0.4, 0.5) is 8.78 Å². The first-order valence-electron chi connectivity index (χ1n) is 10.7. The van der Waals surface area contributed by atoms with Crippen LogP contribution in [0.3, 0.4) is 0 Å². The van der Waals surface area contributed by atoms with Crippen LogP contribution in [0, 0.1) is 11.6 Å². The number of benzene rings is 2. The maximum atomic E-state index is 13.7. The second kappa shape index (κ2) is 11.9. The van der Waals surface area contributed by atoms with Crippen molar-refractivity contribution in [3.8, 4) is 5.06 Å². The van der Waals surface area contributed by atoms with Crippen molar-refractivity contribution >= 4 is 17.2 Å². The third-order valence-electron chi connectivity index (χ3n) is 5.25. The van der Waals surface area contributed by atoms with Gasteiger partial charge in [0.1, 0.15) is 11.6 Å². The van der Waals surface area contributed by atoms with Crippen LogP contribution in [0.2, 0.25) is 0 Å². The average molecular weight is 475 g/mol. The van der Waals surface area contributed by atoms with Gasteiger partial charge >= 0.3 is 0 Å². The fourth-order valence-electron chi connectivity index (χ4n) is 3.52. The Morgan fingerprint density at radius 3 is 2.45 bits per heavy atom. The number of aliphatic hydroxyl groups excluding tert-OH is 1. The number of methoxy groups -OCH3 is 1. The van der Waals surface area contributed by atoms with Crippen LogP contribution in [0.15, 0.2) is 54.6 Å². The van der Waals surface area contributed by atoms with Crippen molar-refractivity contribution in [2.24, 2.45) is 0 Å². The third kappa shape index (κ3) is 7.35. The highest BCUT2D eigenvalue weighted by Crippen LogP contribution is 2.24. The molecule has 8 heteroatoms. The molecule has 0 saturated carbocycles. The summed E-state index contributed by atoms with van der Waals surface area (Å²) in [5, 5.41) is 17.4. The van der Waals surface area contributed by atoms with E-state index < -0.39 is 23.8 Å². The Labute approximate surface area is 196 Å². The molecule has 0 bridgehead atoms. The number of amides is 1. The molecule has 1 aromatic heterocycles. The fraction of sp³-hybridized carbons (Fsp3) is 0.320. The topological polar surface area (TPSA) is 70.6 Å². The van der Waals surface area contributed by atoms with Crippen LogP contribution in [-0.4, -0.2) is 36.8 Å². The SMILES string of the molecule is CCc1cccc(CNC[C@@H](O)[C@H](Cc2cc(F)cc(F)c2)NC(=O)c2ccc(OC)s2)c1. The van der Waals surface area contributed by atoms with E-state index in [4.69, 9.17) is 4.74 Å². The maximum Gasteiger partial charge on any atom is 0.261 e. The first-order chi connectivity index (χ1) is 15.9. The second-order valence-electron chi connectivity index (χ2n) is 7.76. The number of thiophene rings is 1. The normalized spacial score (nSPS) is 12.9. The van der Waals surface area contributed by atoms with Crippen molar-refractivity contribution in [2.45, 2.75) is 38.5 Å². The highest BCUT2D eigenvalue weighted by atomic mass is 32.1. The van der Waals surface area contributed by atoms with Crippen LogP contribution in [0.1, 0.15) is 33.3 Å². The molecule has 0 saturated heterocycles. The molecule has 3 N–H and O–H groups in total. The minimum absolute atomic E-state index is 0.0666. The molecule has 5 nitrogen and oxygen atoms in total. The fourth-order valence-corrected chi connectivity index (χ4v) is 4.25. The second-order valence-corrected chi connectivity index (χ2v) is 8.80. The Morgan fingerprint density at radius 2 is 1.79 bits per heavy atom. The van der Waals surface area contributed by atoms with Crippen molar-refractivity contribution in [2.75, 3.05) is 13.7 Å². The lowest BCUT2D eigenvalue weighted by Crippen LogP contribution is -2.48. The number of carbonyl (C=O) groups excluding carboxylic acids is 1. The molecule has 0 unspecified atom stereocenters. The number of aliphatic hydroxyl groups is 1. The molecule has 1 amide bonds. The van der Waals surface area contributed by atoms with Gasteiger partial charge in [-0.2, -0.15) is 0 Å². The Hall–Kier alpha value is -2.81. The van der Waals surface area contributed by atoms with Crippen molar-refractivity contribution in [3.63, 3.8) is 0 Å². The minimum Gasteiger partial charge on any atom is -0.487 e. The molecule has 0 aliphatic heterocycles. The summed E-state index contributed by atoms with van der Waals surface area (Å²) in [6, 6.07) is 13.9. The highest BCUT2D eigenvalue weighted by molar-refractivity contribution is 7.15. The summed E-state index contributed by atoms with van der Waals surface area (Å²) in [7, 11) is 1.51. The van der Waals surface area contributed by atoms with Crippen LogP contribution >= 0.6 is 11.3 Å². The molecule has 0 spiro atoms. The van der Waals surface area contributed by atoms with Gasteiger partial charge in [0.2, 0.25) is 0 Å². The number of hydrogen-bond acceptors (Lipinski definition) is 5. The Morgan fingerprint density at radius 1 is 1.06 bits per heavy atom. The number of rotatable bonds is 11. The lowest BCUT2D eigenvalue weighted by molar-refractivity contribution is 0.0833. The van der Waals surface area contributed by atoms with Crippen molar-refractivity contribution in [1.29, 1.82) is 0 Å². The van der Waals surface area contributed by atoms with E-state index in [1.807, 2.05) is 12.1 Å². The molecule has 0 radical (unpaired) electrons. The quantitative estimate of drug-likeness (QED) is 0.392. The Kier molecular flexibility index (Phi) is 8.94. The number of aryl methyl sites for hydroxylation is 1. The van der Waals surface area contributed by atoms with Gasteiger partial charge in [-0.3, -0.25) is 4.79 Å². The molecule has 0 fully saturated rings. The predicted octanol–water partition coefficient (Wildman–Crippen LogP) is 4.09. The zero-order chi connectivity index (χ0) is 23.8. The summed E-state index contributed by atoms with van der Waals surface area (Å²) in [5.74, 6) is -1.80. The van der Waals surface area contributed by atoms with E-state index in [9.17, 15) is 18.7 Å². The molecule has 3 aromatic rings. The number of carbonyl (C=O) groups is 1. The van der Waals surface area contributed by atoms with Gasteiger partial charge in [0.25, 0.3) is 5.91 Å². The molecule has 0 aliphatic rings. The lowest BCUT2D eigenvalue weighted by atomic mass is 10.0. The van der Waals surface area contributed by atoms with E-state index in [0.717, 1.165) is 18.1 Å². The standard InChI is InChI=1S/C25H28F2N2O3S/c1-3-16-5-4-6-17(9-16)14-28-15-22(30)21(12-18-10-19(26)13-20(27)11-18)29-25(31)23-7-8-24(32-2)33-23/h4-11,13,21-22,28,30H,3,12,14-15H2,1-2H3,(H,29,31)/t21-,22+/m0/s1. The van der Waals surface area contributed by atoms with Crippen LogP contribution in [0.5, 0.6) is 5.06 Å². The number of ether oxygens (including phenoxy) is 1. The van der Waals surface area contributed by atoms with Crippen LogP contribution in [0.25, 0.3) is 0 Å². The van der Waals surface area contributed by atoms with Gasteiger partial charge < -0.3 is 20.5 Å². The molecular formula is C25H28F2N2O3S. The molecule has 2 atom stereocenters. The Bertz CT molecular complexity index is 1050. The largest absolute Gasteiger partial charge is 0.487 e. The summed E-state index contributed by atoms with van der Waals surface area (Å²) in [5.41, 5.74) is 2.65. The van der Waals surface area contributed by atoms with Gasteiger partial charge in [-0.25, -0.2) is 8.78 Å². The van der Waals surface area contributed by atoms with E-state index in [0.29, 0.717) is 22.0 Å². The number of halogens is 2. The van der Waals surface area contributed by atoms with Crippen molar-refractivity contribution in [1.82, 2.24) is 10.6 Å². The lowest BCUT2D eigenvalue weighted by Gasteiger charge is -2.25. The minimum atomic E-state index is -0.989. The van der Waals surface area contributed by atoms with Gasteiger partial charge in [0, 0.05) is 19.2 Å². The van der Waals surface area contributed by atoms with Gasteiger partial charge in [0.15, 0.2) is 5.06 Å². The molecule has 33 heavy (non-hydrogen) atoms. The van der Waals surface area contributed by atoms with Crippen molar-refractivity contribution < 1.29 is 23.4 Å². The van der Waals surface area contributed by atoms with Gasteiger partial charge in [-0.1, -0.05) is 42.5 Å². The van der Waals surface area contributed by atoms with E-state index in [2.05, 4.69) is 29.7 Å². The monoisotopic (exact) mass is 474 g/mol. The van der Waals surface area contributed by atoms with Crippen LogP contribution in [-0.2, 0) is 19.4 Å². The molecule has 1 heterocycles. The van der Waals surface area contributed by atoms with Gasteiger partial charge in [-0.15, -0.1) is 0 Å². The van der Waals surface area contributed by atoms with E-state index in [1.54, 1.807) is 12.1 Å². The smallest absolute Gasteiger partial charge is 0.261 e. The summed E-state index contributed by atoms with van der Waals surface area (Å²) >= 11 is 1.17. The first-order valence-corrected chi connectivity index (χ1v) is 11.6. The van der Waals surface area contributed by atoms with Crippen LogP contribution < -0.4 is 15.4 Å². The summed E-state index contributed by atoms with van der Waals surface area (Å²) in [6.07, 6.45) is 0.0100. The number of hydrogen-bond donors (Lipinski definition) is 3. The predicted molar refractivity (Wildman–Crippen MR) is 126 cm³/mol. The van der Waals surface area contributed by atoms with E-state index in [-0.39, 0.29) is 18.9 Å². The zero-order valence-corrected chi connectivity index (χ0v) is 19.4. The van der Waals surface area contributed by atoms with Gasteiger partial charge in [-0.05, 0) is 53.8 Å². The highest BCUT2D eigenvalue weighted by Gasteiger charge is 2.24. The molecular weight excluding hydrogens is 446 g/mol. The molecule has 3 rings (SSSR count). The van der Waals surface area contributed by atoms with Crippen molar-refractivity contribution in [3.05, 3.63) is 87.8 Å². The summed E-state index contributed by atoms with van der Waals surface area (Å²) in [6.45, 7) is 2.82. The maximum absolute atomic E-state index is 13.7. The number of nitrogens with one attached hydrogen (secondary N) is 2. The molecule has 176 valence electrons. The zero-order valence-electron chi connectivity index (χ0n) is 18.6. The van der Waals surface area contributed by atoms with E-state index in [1.165, 1.54) is 36.1 Å². The summed E-state index contributed by atoms with van der Waals surface area (Å²) in [4.78, 5) is 13.2. The average Bonchev–Trinajstić information content (AvgIpc) is 3.27. The van der Waals surface area contributed by atoms with Gasteiger partial charge in [0.05, 0.1) is 24.1 Å². The molecule has 2 aromatic carbocycles. The molecule has 0 aliphatic carbocycles. The van der Waals surface area contributed by atoms with E-state index >= 15 is 0 Å². The Balaban J connectivity index is 1.69. The summed E-state index contributed by atoms with van der Waals surface area (Å²) < 4.78 is 32.5. The third-order valence-corrected chi connectivity index (χ3v) is 6.29. The first kappa shape index (κ1) is 24.8.